The smallest absolute Gasteiger partial charge is 0.233 e. The van der Waals surface area contributed by atoms with Gasteiger partial charge < -0.3 is 14.8 Å². The first-order valence-corrected chi connectivity index (χ1v) is 8.75. The molecule has 0 bridgehead atoms. The molecule has 2 aromatic rings. The van der Waals surface area contributed by atoms with E-state index in [1.165, 1.54) is 11.8 Å². The Hall–Kier alpha value is -2.22. The van der Waals surface area contributed by atoms with Crippen molar-refractivity contribution in [1.82, 2.24) is 20.5 Å². The molecular weight excluding hydrogens is 340 g/mol. The number of methoxy groups -OCH3 is 2. The highest BCUT2D eigenvalue weighted by atomic mass is 32.2. The number of aromatic amines is 1. The molecule has 0 aliphatic rings. The lowest BCUT2D eigenvalue weighted by Crippen LogP contribution is -2.44. The molecule has 0 radical (unpaired) electrons. The van der Waals surface area contributed by atoms with Gasteiger partial charge in [0.2, 0.25) is 11.1 Å². The normalized spacial score (nSPS) is 12.6. The van der Waals surface area contributed by atoms with Crippen molar-refractivity contribution in [3.05, 3.63) is 18.2 Å². The summed E-state index contributed by atoms with van der Waals surface area (Å²) in [4.78, 5) is 16.6. The molecule has 136 valence electrons. The van der Waals surface area contributed by atoms with Crippen LogP contribution in [0, 0.1) is 0 Å². The van der Waals surface area contributed by atoms with Gasteiger partial charge in [-0.3, -0.25) is 9.89 Å². The molecule has 1 heterocycles. The van der Waals surface area contributed by atoms with Crippen LogP contribution in [0.3, 0.4) is 0 Å². The number of thioether (sulfide) groups is 1. The van der Waals surface area contributed by atoms with E-state index in [2.05, 4.69) is 20.5 Å². The summed E-state index contributed by atoms with van der Waals surface area (Å²) in [5, 5.41) is 10.2. The number of nitrogens with one attached hydrogen (secondary N) is 2. The zero-order chi connectivity index (χ0) is 18.6. The van der Waals surface area contributed by atoms with E-state index in [4.69, 9.17) is 9.47 Å². The van der Waals surface area contributed by atoms with E-state index in [-0.39, 0.29) is 16.7 Å². The summed E-state index contributed by atoms with van der Waals surface area (Å²) < 4.78 is 10.6. The van der Waals surface area contributed by atoms with E-state index >= 15 is 0 Å². The van der Waals surface area contributed by atoms with E-state index in [1.54, 1.807) is 20.3 Å². The van der Waals surface area contributed by atoms with Gasteiger partial charge in [-0.1, -0.05) is 11.8 Å². The predicted octanol–water partition coefficient (Wildman–Crippen LogP) is 2.88. The van der Waals surface area contributed by atoms with Crippen LogP contribution >= 0.6 is 11.8 Å². The number of nitrogens with zero attached hydrogens (tertiary/aromatic N) is 2. The molecule has 0 fully saturated rings. The lowest BCUT2D eigenvalue weighted by atomic mass is 10.1. The quantitative estimate of drug-likeness (QED) is 0.766. The number of benzene rings is 1. The van der Waals surface area contributed by atoms with Crippen molar-refractivity contribution in [3.63, 3.8) is 0 Å². The zero-order valence-electron chi connectivity index (χ0n) is 15.3. The van der Waals surface area contributed by atoms with Crippen LogP contribution in [0.1, 0.15) is 27.7 Å². The van der Waals surface area contributed by atoms with Crippen molar-refractivity contribution in [2.75, 3.05) is 14.2 Å². The maximum atomic E-state index is 12.2. The molecule has 1 amide bonds. The monoisotopic (exact) mass is 364 g/mol. The molecule has 2 N–H and O–H groups in total. The number of hydrogen-bond donors (Lipinski definition) is 2. The SMILES string of the molecule is COc1ccc(-c2nc(S[C@H](C)C(=O)NC(C)(C)C)n[nH]2)c(OC)c1. The number of H-pyrrole nitrogens is 1. The van der Waals surface area contributed by atoms with Gasteiger partial charge in [-0.25, -0.2) is 4.98 Å². The number of hydrogen-bond acceptors (Lipinski definition) is 6. The standard InChI is InChI=1S/C17H24N4O3S/c1-10(15(22)19-17(2,3)4)25-16-18-14(20-21-16)12-8-7-11(23-5)9-13(12)24-6/h7-10H,1-6H3,(H,19,22)(H,18,20,21)/t10-/m1/s1. The van der Waals surface area contributed by atoms with Crippen LogP contribution in [-0.4, -0.2) is 46.1 Å². The van der Waals surface area contributed by atoms with Gasteiger partial charge in [-0.15, -0.1) is 5.10 Å². The largest absolute Gasteiger partial charge is 0.497 e. The average Bonchev–Trinajstić information content (AvgIpc) is 3.00. The molecule has 7 nitrogen and oxygen atoms in total. The predicted molar refractivity (Wildman–Crippen MR) is 98.1 cm³/mol. The fourth-order valence-electron chi connectivity index (χ4n) is 2.10. The molecule has 1 atom stereocenters. The fraction of sp³-hybridized carbons (Fsp3) is 0.471. The second-order valence-corrected chi connectivity index (χ2v) is 7.84. The van der Waals surface area contributed by atoms with E-state index < -0.39 is 0 Å². The first kappa shape index (κ1) is 19.1. The van der Waals surface area contributed by atoms with Gasteiger partial charge in [0.25, 0.3) is 0 Å². The third kappa shape index (κ3) is 5.12. The van der Waals surface area contributed by atoms with Gasteiger partial charge in [0.05, 0.1) is 25.0 Å². The highest BCUT2D eigenvalue weighted by Crippen LogP contribution is 2.32. The van der Waals surface area contributed by atoms with Gasteiger partial charge in [0, 0.05) is 11.6 Å². The van der Waals surface area contributed by atoms with Gasteiger partial charge >= 0.3 is 0 Å². The van der Waals surface area contributed by atoms with Crippen molar-refractivity contribution in [1.29, 1.82) is 0 Å². The second-order valence-electron chi connectivity index (χ2n) is 6.53. The van der Waals surface area contributed by atoms with E-state index in [0.717, 1.165) is 5.56 Å². The second kappa shape index (κ2) is 7.77. The molecular formula is C17H24N4O3S. The summed E-state index contributed by atoms with van der Waals surface area (Å²) >= 11 is 1.30. The summed E-state index contributed by atoms with van der Waals surface area (Å²) in [7, 11) is 3.19. The Morgan fingerprint density at radius 2 is 2.00 bits per heavy atom. The van der Waals surface area contributed by atoms with Gasteiger partial charge in [-0.05, 0) is 39.8 Å². The van der Waals surface area contributed by atoms with Crippen molar-refractivity contribution in [2.24, 2.45) is 0 Å². The van der Waals surface area contributed by atoms with E-state index in [0.29, 0.717) is 22.5 Å². The summed E-state index contributed by atoms with van der Waals surface area (Å²) in [6, 6.07) is 5.46. The Labute approximate surface area is 151 Å². The van der Waals surface area contributed by atoms with E-state index in [1.807, 2.05) is 39.8 Å². The summed E-state index contributed by atoms with van der Waals surface area (Å²) in [5.74, 6) is 1.85. The minimum absolute atomic E-state index is 0.0501. The van der Waals surface area contributed by atoms with Crippen LogP contribution in [0.5, 0.6) is 11.5 Å². The Morgan fingerprint density at radius 3 is 2.60 bits per heavy atom. The first-order chi connectivity index (χ1) is 11.7. The minimum Gasteiger partial charge on any atom is -0.497 e. The van der Waals surface area contributed by atoms with Crippen molar-refractivity contribution < 1.29 is 14.3 Å². The van der Waals surface area contributed by atoms with Crippen LogP contribution in [0.4, 0.5) is 0 Å². The molecule has 0 saturated heterocycles. The van der Waals surface area contributed by atoms with E-state index in [9.17, 15) is 4.79 Å². The molecule has 2 rings (SSSR count). The molecule has 0 aliphatic heterocycles. The molecule has 0 saturated carbocycles. The number of rotatable bonds is 6. The Balaban J connectivity index is 2.14. The summed E-state index contributed by atoms with van der Waals surface area (Å²) in [6.45, 7) is 7.67. The average molecular weight is 364 g/mol. The third-order valence-electron chi connectivity index (χ3n) is 3.28. The number of carbonyl (C=O) groups is 1. The Kier molecular flexibility index (Phi) is 5.94. The fourth-order valence-corrected chi connectivity index (χ4v) is 2.82. The van der Waals surface area contributed by atoms with Crippen LogP contribution in [0.2, 0.25) is 0 Å². The van der Waals surface area contributed by atoms with Crippen LogP contribution < -0.4 is 14.8 Å². The Bertz CT molecular complexity index is 740. The summed E-state index contributed by atoms with van der Waals surface area (Å²) in [5.41, 5.74) is 0.501. The highest BCUT2D eigenvalue weighted by Gasteiger charge is 2.22. The molecule has 0 unspecified atom stereocenters. The Morgan fingerprint density at radius 1 is 1.28 bits per heavy atom. The van der Waals surface area contributed by atoms with Crippen LogP contribution in [0.25, 0.3) is 11.4 Å². The zero-order valence-corrected chi connectivity index (χ0v) is 16.2. The number of carbonyl (C=O) groups excluding carboxylic acids is 1. The van der Waals surface area contributed by atoms with Crippen molar-refractivity contribution >= 4 is 17.7 Å². The molecule has 1 aromatic carbocycles. The summed E-state index contributed by atoms with van der Waals surface area (Å²) in [6.07, 6.45) is 0. The lowest BCUT2D eigenvalue weighted by molar-refractivity contribution is -0.121. The highest BCUT2D eigenvalue weighted by molar-refractivity contribution is 8.00. The maximum Gasteiger partial charge on any atom is 0.233 e. The first-order valence-electron chi connectivity index (χ1n) is 7.87. The van der Waals surface area contributed by atoms with Crippen molar-refractivity contribution in [3.8, 4) is 22.9 Å². The molecule has 1 aromatic heterocycles. The maximum absolute atomic E-state index is 12.2. The topological polar surface area (TPSA) is 89.1 Å². The van der Waals surface area contributed by atoms with Gasteiger partial charge in [-0.2, -0.15) is 0 Å². The van der Waals surface area contributed by atoms with Crippen LogP contribution in [-0.2, 0) is 4.79 Å². The number of aromatic nitrogens is 3. The van der Waals surface area contributed by atoms with Gasteiger partial charge in [0.1, 0.15) is 11.5 Å². The number of amides is 1. The minimum atomic E-state index is -0.305. The van der Waals surface area contributed by atoms with Gasteiger partial charge in [0.15, 0.2) is 5.82 Å². The molecule has 8 heteroatoms. The molecule has 0 spiro atoms. The number of ether oxygens (including phenoxy) is 2. The third-order valence-corrected chi connectivity index (χ3v) is 4.24. The lowest BCUT2D eigenvalue weighted by Gasteiger charge is -2.22. The van der Waals surface area contributed by atoms with Crippen LogP contribution in [0.15, 0.2) is 23.4 Å². The van der Waals surface area contributed by atoms with Crippen molar-refractivity contribution in [2.45, 2.75) is 43.6 Å². The molecule has 0 aliphatic carbocycles. The molecule has 25 heavy (non-hydrogen) atoms.